The van der Waals surface area contributed by atoms with Crippen molar-refractivity contribution in [3.05, 3.63) is 12.2 Å². The maximum Gasteiger partial charge on any atom is 0.336 e. The highest BCUT2D eigenvalue weighted by Crippen LogP contribution is 2.15. The van der Waals surface area contributed by atoms with E-state index >= 15 is 0 Å². The minimum atomic E-state index is -2.74. The first-order valence-corrected chi connectivity index (χ1v) is 15.7. The molecular formula is C30H46O33. The molecule has 0 rings (SSSR count). The number of hydrogen-bond acceptors (Lipinski definition) is 20. The van der Waals surface area contributed by atoms with Gasteiger partial charge in [-0.05, 0) is 0 Å². The van der Waals surface area contributed by atoms with Gasteiger partial charge < -0.3 is 102 Å². The van der Waals surface area contributed by atoms with Crippen molar-refractivity contribution in [2.45, 2.75) is 88.0 Å². The smallest absolute Gasteiger partial charge is 0.336 e. The summed E-state index contributed by atoms with van der Waals surface area (Å²) < 4.78 is 0. The van der Waals surface area contributed by atoms with Crippen molar-refractivity contribution in [1.82, 2.24) is 0 Å². The second kappa shape index (κ2) is 40.0. The van der Waals surface area contributed by atoms with Gasteiger partial charge in [0.15, 0.2) is 17.8 Å². The molecule has 0 aromatic rings. The normalized spacial score (nSPS) is 12.0. The van der Waals surface area contributed by atoms with Crippen molar-refractivity contribution < 1.29 is 164 Å². The molecule has 63 heavy (non-hydrogen) atoms. The van der Waals surface area contributed by atoms with E-state index in [1.165, 1.54) is 0 Å². The molecule has 0 heterocycles. The first-order valence-electron chi connectivity index (χ1n) is 15.7. The number of hydrogen-bond donors (Lipinski definition) is 20. The topological polar surface area (TPSA) is 627 Å². The van der Waals surface area contributed by atoms with Gasteiger partial charge in [0.1, 0.15) is 24.7 Å². The molecule has 0 aliphatic carbocycles. The monoisotopic (exact) mass is 934 g/mol. The van der Waals surface area contributed by atoms with Gasteiger partial charge in [0.2, 0.25) is 0 Å². The molecule has 0 fully saturated rings. The van der Waals surface area contributed by atoms with Gasteiger partial charge in [0, 0.05) is 18.6 Å². The molecule has 0 bridgehead atoms. The zero-order valence-corrected chi connectivity index (χ0v) is 31.9. The highest BCUT2D eigenvalue weighted by atomic mass is 16.4. The van der Waals surface area contributed by atoms with Crippen molar-refractivity contribution in [1.29, 1.82) is 0 Å². The van der Waals surface area contributed by atoms with Crippen LogP contribution in [0.15, 0.2) is 12.2 Å². The molecule has 5 atom stereocenters. The van der Waals surface area contributed by atoms with Crippen LogP contribution in [0.4, 0.5) is 0 Å². The number of aliphatic hydroxyl groups is 7. The fourth-order valence-electron chi connectivity index (χ4n) is 2.12. The molecule has 0 aliphatic rings. The first-order chi connectivity index (χ1) is 28.4. The third-order valence-corrected chi connectivity index (χ3v) is 4.97. The highest BCUT2D eigenvalue weighted by molar-refractivity contribution is 5.90. The minimum absolute atomic E-state index is 0.222. The van der Waals surface area contributed by atoms with Crippen LogP contribution < -0.4 is 0 Å². The molecule has 0 aromatic heterocycles. The van der Waals surface area contributed by atoms with Gasteiger partial charge in [-0.1, -0.05) is 6.92 Å². The zero-order chi connectivity index (χ0) is 52.0. The lowest BCUT2D eigenvalue weighted by atomic mass is 9.96. The summed E-state index contributed by atoms with van der Waals surface area (Å²) in [5, 5.41) is 164. The van der Waals surface area contributed by atoms with Crippen LogP contribution in [-0.2, 0) is 62.3 Å². The molecule has 33 nitrogen and oxygen atoms in total. The maximum atomic E-state index is 10.3. The molecule has 0 saturated carbocycles. The molecular weight excluding hydrogens is 888 g/mol. The number of carboxylic acid groups (broad SMARTS) is 13. The van der Waals surface area contributed by atoms with Crippen LogP contribution in [0.3, 0.4) is 0 Å². The Bertz CT molecular complexity index is 1470. The van der Waals surface area contributed by atoms with E-state index in [-0.39, 0.29) is 19.3 Å². The van der Waals surface area contributed by atoms with Gasteiger partial charge in [-0.3, -0.25) is 38.4 Å². The van der Waals surface area contributed by atoms with Gasteiger partial charge in [0.05, 0.1) is 38.7 Å². The van der Waals surface area contributed by atoms with Crippen molar-refractivity contribution in [2.75, 3.05) is 6.61 Å². The van der Waals surface area contributed by atoms with E-state index in [4.69, 9.17) is 102 Å². The second-order valence-corrected chi connectivity index (χ2v) is 10.5. The fourth-order valence-corrected chi connectivity index (χ4v) is 2.12. The molecule has 0 radical (unpaired) electrons. The van der Waals surface area contributed by atoms with E-state index in [1.807, 2.05) is 0 Å². The predicted octanol–water partition coefficient (Wildman–Crippen LogP) is -6.16. The Morgan fingerprint density at radius 1 is 0.476 bits per heavy atom. The largest absolute Gasteiger partial charge is 0.481 e. The Labute approximate surface area is 349 Å². The number of carbonyl (C=O) groups is 13. The minimum Gasteiger partial charge on any atom is -0.481 e. The molecule has 1 unspecified atom stereocenters. The van der Waals surface area contributed by atoms with Gasteiger partial charge in [0.25, 0.3) is 0 Å². The summed E-state index contributed by atoms with van der Waals surface area (Å²) in [5.74, 6) is -17.6. The van der Waals surface area contributed by atoms with Crippen molar-refractivity contribution in [3.63, 3.8) is 0 Å². The van der Waals surface area contributed by atoms with Crippen molar-refractivity contribution in [3.8, 4) is 0 Å². The third-order valence-electron chi connectivity index (χ3n) is 4.97. The molecule has 20 N–H and O–H groups in total. The zero-order valence-electron chi connectivity index (χ0n) is 31.9. The molecule has 0 spiro atoms. The van der Waals surface area contributed by atoms with Crippen LogP contribution in [0.5, 0.6) is 0 Å². The lowest BCUT2D eigenvalue weighted by Gasteiger charge is -2.23. The Balaban J connectivity index is -0.000000119. The van der Waals surface area contributed by atoms with Crippen molar-refractivity contribution >= 4 is 77.6 Å². The van der Waals surface area contributed by atoms with Crippen LogP contribution in [0.25, 0.3) is 0 Å². The Hall–Kier alpha value is -7.43. The average molecular weight is 935 g/mol. The lowest BCUT2D eigenvalue weighted by Crippen LogP contribution is -2.48. The van der Waals surface area contributed by atoms with E-state index in [1.54, 1.807) is 6.92 Å². The van der Waals surface area contributed by atoms with E-state index < -0.39 is 146 Å². The summed E-state index contributed by atoms with van der Waals surface area (Å²) in [4.78, 5) is 127. The van der Waals surface area contributed by atoms with E-state index in [0.717, 1.165) is 0 Å². The predicted molar refractivity (Wildman–Crippen MR) is 188 cm³/mol. The van der Waals surface area contributed by atoms with Crippen LogP contribution >= 0.6 is 0 Å². The number of rotatable bonds is 21. The standard InChI is InChI=1S/C6H8O7.C6H12O7.C4H6O5.C4H6O4.C4H4O4.C3H4O4.C3H6O2/c7-3(8)1-6(13,5(11)12)2-4(9)10;7-1-2(8)3(9)4(10)5(11)6(12)13;5-2(4(8)9)1-3(6)7;2*5-3(6)1-2-4(7)8;4-2(5)1-3(6)7;1-2-3(4)5/h13H,1-2H2,(H,7,8)(H,9,10)(H,11,12);2-5,7-11H,1H2,(H,12,13);2,5H,1H2,(H,6,7)(H,8,9);1-2H2,(H,5,6)(H,7,8);1-2H,(H,5,6)(H,7,8);1H2,(H,4,5)(H,6,7);2H2,1H3,(H,4,5)/b;;;;2-1-;;/t;2-,3-,4+,5-;;;;;/m.1...../s1. The van der Waals surface area contributed by atoms with E-state index in [2.05, 4.69) is 0 Å². The second-order valence-electron chi connectivity index (χ2n) is 10.5. The SMILES string of the molecule is CCC(=O)O.O=C(O)/C=C\C(=O)O.O=C(O)CC(=O)O.O=C(O)CC(O)(CC(=O)O)C(=O)O.O=C(O)CC(O)C(=O)O.O=C(O)CCC(=O)O.O=C(O)[C@H](O)[C@@H](O)[C@H](O)[C@H](O)CO. The lowest BCUT2D eigenvalue weighted by molar-refractivity contribution is -0.170. The van der Waals surface area contributed by atoms with Gasteiger partial charge in [-0.15, -0.1) is 0 Å². The third kappa shape index (κ3) is 59.0. The molecule has 0 aromatic carbocycles. The Morgan fingerprint density at radius 3 is 0.952 bits per heavy atom. The summed E-state index contributed by atoms with van der Waals surface area (Å²) in [5.41, 5.74) is -2.74. The summed E-state index contributed by atoms with van der Waals surface area (Å²) in [6, 6.07) is 0. The molecule has 0 amide bonds. The molecule has 33 heteroatoms. The van der Waals surface area contributed by atoms with Crippen LogP contribution in [0.2, 0.25) is 0 Å². The van der Waals surface area contributed by atoms with Gasteiger partial charge in [-0.25, -0.2) is 24.0 Å². The average Bonchev–Trinajstić information content (AvgIpc) is 3.11. The summed E-state index contributed by atoms with van der Waals surface area (Å²) in [6.07, 6.45) is -12.7. The van der Waals surface area contributed by atoms with Crippen LogP contribution in [0, 0.1) is 0 Å². The summed E-state index contributed by atoms with van der Waals surface area (Å²) in [6.45, 7) is 0.757. The molecule has 364 valence electrons. The summed E-state index contributed by atoms with van der Waals surface area (Å²) in [7, 11) is 0. The van der Waals surface area contributed by atoms with Crippen LogP contribution in [-0.4, -0.2) is 222 Å². The van der Waals surface area contributed by atoms with Crippen LogP contribution in [0.1, 0.15) is 51.9 Å². The van der Waals surface area contributed by atoms with Crippen molar-refractivity contribution in [2.24, 2.45) is 0 Å². The quantitative estimate of drug-likeness (QED) is 0.0376. The number of aliphatic carboxylic acids is 13. The number of carboxylic acids is 13. The maximum absolute atomic E-state index is 10.3. The molecule has 0 aliphatic heterocycles. The van der Waals surface area contributed by atoms with E-state index in [9.17, 15) is 62.3 Å². The van der Waals surface area contributed by atoms with Gasteiger partial charge >= 0.3 is 77.6 Å². The van der Waals surface area contributed by atoms with E-state index in [0.29, 0.717) is 12.2 Å². The number of aliphatic hydroxyl groups excluding tert-OH is 6. The fraction of sp³-hybridized carbons (Fsp3) is 0.500. The first kappa shape index (κ1) is 70.1. The Morgan fingerprint density at radius 2 is 0.810 bits per heavy atom. The van der Waals surface area contributed by atoms with Gasteiger partial charge in [-0.2, -0.15) is 0 Å². The summed E-state index contributed by atoms with van der Waals surface area (Å²) >= 11 is 0. The highest BCUT2D eigenvalue weighted by Gasteiger charge is 2.40. The molecule has 0 saturated heterocycles. The Kier molecular flexibility index (Phi) is 44.5.